The monoisotopic (exact) mass is 202 g/mol. The molecule has 0 saturated carbocycles. The number of rotatable bonds is 7. The Morgan fingerprint density at radius 1 is 1.50 bits per heavy atom. The van der Waals surface area contributed by atoms with E-state index >= 15 is 0 Å². The summed E-state index contributed by atoms with van der Waals surface area (Å²) < 4.78 is 4.87. The lowest BCUT2D eigenvalue weighted by Gasteiger charge is -2.13. The van der Waals surface area contributed by atoms with Gasteiger partial charge in [-0.05, 0) is 18.8 Å². The Morgan fingerprint density at radius 3 is 2.64 bits per heavy atom. The average Bonchev–Trinajstić information content (AvgIpc) is 2.11. The van der Waals surface area contributed by atoms with Crippen molar-refractivity contribution in [2.45, 2.75) is 32.7 Å². The van der Waals surface area contributed by atoms with Gasteiger partial charge in [-0.25, -0.2) is 0 Å². The fourth-order valence-corrected chi connectivity index (χ4v) is 1.17. The number of nitrogens with one attached hydrogen (secondary N) is 1. The fraction of sp³-hybridized carbons (Fsp3) is 0.900. The Bertz CT molecular complexity index is 160. The van der Waals surface area contributed by atoms with Crippen LogP contribution in [0.5, 0.6) is 0 Å². The highest BCUT2D eigenvalue weighted by atomic mass is 16.5. The van der Waals surface area contributed by atoms with E-state index in [9.17, 15) is 4.79 Å². The molecule has 0 saturated heterocycles. The summed E-state index contributed by atoms with van der Waals surface area (Å²) in [5.74, 6) is 0.393. The van der Waals surface area contributed by atoms with Gasteiger partial charge in [0.05, 0.1) is 6.04 Å². The van der Waals surface area contributed by atoms with E-state index in [-0.39, 0.29) is 11.9 Å². The van der Waals surface area contributed by atoms with Gasteiger partial charge in [0.15, 0.2) is 0 Å². The third kappa shape index (κ3) is 6.86. The van der Waals surface area contributed by atoms with Crippen LogP contribution in [0.3, 0.4) is 0 Å². The van der Waals surface area contributed by atoms with Gasteiger partial charge in [0.2, 0.25) is 5.91 Å². The Kier molecular flexibility index (Phi) is 7.42. The maximum atomic E-state index is 11.4. The second kappa shape index (κ2) is 7.76. The lowest BCUT2D eigenvalue weighted by atomic mass is 10.0. The number of nitrogens with two attached hydrogens (primary N) is 1. The standard InChI is InChI=1S/C10H22N2O2/c1-8(2)7-9(11)10(13)12-5-4-6-14-3/h8-9H,4-7,11H2,1-3H3,(H,12,13)/t9-/m0/s1. The molecule has 3 N–H and O–H groups in total. The molecule has 1 amide bonds. The molecule has 0 rings (SSSR count). The molecule has 0 aliphatic carbocycles. The molecule has 0 aliphatic heterocycles. The molecule has 0 aromatic rings. The van der Waals surface area contributed by atoms with E-state index < -0.39 is 0 Å². The molecule has 0 aromatic heterocycles. The Hall–Kier alpha value is -0.610. The average molecular weight is 202 g/mol. The molecule has 0 fully saturated rings. The van der Waals surface area contributed by atoms with Gasteiger partial charge in [0, 0.05) is 20.3 Å². The zero-order chi connectivity index (χ0) is 11.0. The van der Waals surface area contributed by atoms with Crippen LogP contribution in [0.15, 0.2) is 0 Å². The Labute approximate surface area is 86.2 Å². The summed E-state index contributed by atoms with van der Waals surface area (Å²) in [6.45, 7) is 5.41. The van der Waals surface area contributed by atoms with Crippen LogP contribution in [0, 0.1) is 5.92 Å². The van der Waals surface area contributed by atoms with Gasteiger partial charge in [-0.3, -0.25) is 4.79 Å². The van der Waals surface area contributed by atoms with Crippen LogP contribution < -0.4 is 11.1 Å². The van der Waals surface area contributed by atoms with Crippen LogP contribution in [0.4, 0.5) is 0 Å². The number of carbonyl (C=O) groups is 1. The largest absolute Gasteiger partial charge is 0.385 e. The van der Waals surface area contributed by atoms with E-state index in [0.717, 1.165) is 12.8 Å². The Balaban J connectivity index is 3.52. The lowest BCUT2D eigenvalue weighted by molar-refractivity contribution is -0.122. The molecule has 0 aromatic carbocycles. The molecule has 4 heteroatoms. The summed E-state index contributed by atoms with van der Waals surface area (Å²) in [5.41, 5.74) is 5.69. The van der Waals surface area contributed by atoms with Gasteiger partial charge in [-0.1, -0.05) is 13.8 Å². The van der Waals surface area contributed by atoms with E-state index in [1.54, 1.807) is 7.11 Å². The molecule has 0 aliphatic rings. The first-order chi connectivity index (χ1) is 6.57. The molecule has 0 bridgehead atoms. The summed E-state index contributed by atoms with van der Waals surface area (Å²) in [6, 6.07) is -0.377. The van der Waals surface area contributed by atoms with Crippen LogP contribution in [-0.4, -0.2) is 32.2 Å². The number of ether oxygens (including phenoxy) is 1. The van der Waals surface area contributed by atoms with Gasteiger partial charge in [0.1, 0.15) is 0 Å². The van der Waals surface area contributed by atoms with Gasteiger partial charge in [0.25, 0.3) is 0 Å². The summed E-state index contributed by atoms with van der Waals surface area (Å²) in [6.07, 6.45) is 1.56. The summed E-state index contributed by atoms with van der Waals surface area (Å²) in [5, 5.41) is 2.78. The number of carbonyl (C=O) groups excluding carboxylic acids is 1. The molecule has 0 radical (unpaired) electrons. The SMILES string of the molecule is COCCCNC(=O)[C@@H](N)CC(C)C. The molecule has 0 spiro atoms. The van der Waals surface area contributed by atoms with Crippen LogP contribution in [-0.2, 0) is 9.53 Å². The first-order valence-corrected chi connectivity index (χ1v) is 5.10. The van der Waals surface area contributed by atoms with Crippen molar-refractivity contribution in [3.8, 4) is 0 Å². The smallest absolute Gasteiger partial charge is 0.236 e. The van der Waals surface area contributed by atoms with E-state index in [2.05, 4.69) is 19.2 Å². The van der Waals surface area contributed by atoms with Crippen molar-refractivity contribution in [3.63, 3.8) is 0 Å². The van der Waals surface area contributed by atoms with E-state index in [1.165, 1.54) is 0 Å². The van der Waals surface area contributed by atoms with Gasteiger partial charge in [-0.15, -0.1) is 0 Å². The molecule has 4 nitrogen and oxygen atoms in total. The van der Waals surface area contributed by atoms with Gasteiger partial charge in [-0.2, -0.15) is 0 Å². The molecule has 14 heavy (non-hydrogen) atoms. The highest BCUT2D eigenvalue weighted by Crippen LogP contribution is 2.02. The van der Waals surface area contributed by atoms with Crippen molar-refractivity contribution in [3.05, 3.63) is 0 Å². The molecular formula is C10H22N2O2. The van der Waals surface area contributed by atoms with Crippen molar-refractivity contribution < 1.29 is 9.53 Å². The van der Waals surface area contributed by atoms with Crippen LogP contribution in [0.1, 0.15) is 26.7 Å². The normalized spacial score (nSPS) is 12.9. The third-order valence-corrected chi connectivity index (χ3v) is 1.89. The topological polar surface area (TPSA) is 64.3 Å². The second-order valence-corrected chi connectivity index (χ2v) is 3.87. The third-order valence-electron chi connectivity index (χ3n) is 1.89. The number of methoxy groups -OCH3 is 1. The minimum atomic E-state index is -0.377. The first kappa shape index (κ1) is 13.4. The van der Waals surface area contributed by atoms with Crippen molar-refractivity contribution in [2.75, 3.05) is 20.3 Å². The summed E-state index contributed by atoms with van der Waals surface area (Å²) in [4.78, 5) is 11.4. The highest BCUT2D eigenvalue weighted by molar-refractivity contribution is 5.81. The maximum absolute atomic E-state index is 11.4. The number of hydrogen-bond donors (Lipinski definition) is 2. The summed E-state index contributed by atoms with van der Waals surface area (Å²) >= 11 is 0. The second-order valence-electron chi connectivity index (χ2n) is 3.87. The van der Waals surface area contributed by atoms with Crippen molar-refractivity contribution in [1.82, 2.24) is 5.32 Å². The zero-order valence-electron chi connectivity index (χ0n) is 9.38. The van der Waals surface area contributed by atoms with E-state index in [0.29, 0.717) is 19.1 Å². The van der Waals surface area contributed by atoms with Gasteiger partial charge < -0.3 is 15.8 Å². The maximum Gasteiger partial charge on any atom is 0.236 e. The van der Waals surface area contributed by atoms with Crippen LogP contribution >= 0.6 is 0 Å². The predicted molar refractivity (Wildman–Crippen MR) is 56.9 cm³/mol. The van der Waals surface area contributed by atoms with Crippen LogP contribution in [0.25, 0.3) is 0 Å². The summed E-state index contributed by atoms with van der Waals surface area (Å²) in [7, 11) is 1.65. The van der Waals surface area contributed by atoms with Crippen molar-refractivity contribution >= 4 is 5.91 Å². The zero-order valence-corrected chi connectivity index (χ0v) is 9.38. The van der Waals surface area contributed by atoms with Crippen molar-refractivity contribution in [1.29, 1.82) is 0 Å². The molecule has 0 heterocycles. The number of hydrogen-bond acceptors (Lipinski definition) is 3. The predicted octanol–water partition coefficient (Wildman–Crippen LogP) is 0.513. The van der Waals surface area contributed by atoms with E-state index in [1.807, 2.05) is 0 Å². The van der Waals surface area contributed by atoms with Crippen molar-refractivity contribution in [2.24, 2.45) is 11.7 Å². The van der Waals surface area contributed by atoms with Gasteiger partial charge >= 0.3 is 0 Å². The minimum Gasteiger partial charge on any atom is -0.385 e. The fourth-order valence-electron chi connectivity index (χ4n) is 1.17. The molecule has 0 unspecified atom stereocenters. The molecule has 1 atom stereocenters. The van der Waals surface area contributed by atoms with Crippen LogP contribution in [0.2, 0.25) is 0 Å². The Morgan fingerprint density at radius 2 is 2.14 bits per heavy atom. The number of amides is 1. The van der Waals surface area contributed by atoms with E-state index in [4.69, 9.17) is 10.5 Å². The molecular weight excluding hydrogens is 180 g/mol. The first-order valence-electron chi connectivity index (χ1n) is 5.10. The highest BCUT2D eigenvalue weighted by Gasteiger charge is 2.13. The lowest BCUT2D eigenvalue weighted by Crippen LogP contribution is -2.41. The molecule has 84 valence electrons. The quantitative estimate of drug-likeness (QED) is 0.591. The minimum absolute atomic E-state index is 0.0604.